The van der Waals surface area contributed by atoms with E-state index in [4.69, 9.17) is 24.8 Å². The molecule has 1 aliphatic heterocycles. The molecule has 0 amide bonds. The van der Waals surface area contributed by atoms with Gasteiger partial charge in [-0.25, -0.2) is 0 Å². The molecular weight excluding hydrogens is 223 g/mol. The number of hydrogen-bond donors (Lipinski definition) is 0. The molecule has 1 unspecified atom stereocenters. The van der Waals surface area contributed by atoms with Gasteiger partial charge in [0, 0.05) is 31.7 Å². The molecule has 0 spiro atoms. The second kappa shape index (κ2) is 6.61. The van der Waals surface area contributed by atoms with Crippen molar-refractivity contribution in [1.82, 2.24) is 9.80 Å². The molecule has 1 heterocycles. The van der Waals surface area contributed by atoms with Crippen LogP contribution in [0.4, 0.5) is 0 Å². The van der Waals surface area contributed by atoms with Crippen molar-refractivity contribution in [2.75, 3.05) is 19.6 Å². The normalized spacial score (nSPS) is 23.4. The van der Waals surface area contributed by atoms with E-state index in [9.17, 15) is 0 Å². The largest absolute Gasteiger partial charge is 1.00 e. The number of hydrogen-bond acceptors (Lipinski definition) is 3. The first-order valence-electron chi connectivity index (χ1n) is 4.74. The summed E-state index contributed by atoms with van der Waals surface area (Å²) >= 11 is 9.99. The summed E-state index contributed by atoms with van der Waals surface area (Å²) in [6, 6.07) is 1.19. The van der Waals surface area contributed by atoms with E-state index in [1.165, 1.54) is 0 Å². The minimum atomic E-state index is 0. The summed E-state index contributed by atoms with van der Waals surface area (Å²) < 4.78 is 0.621. The predicted molar refractivity (Wildman–Crippen MR) is 62.8 cm³/mol. The first-order valence-corrected chi connectivity index (χ1v) is 5.55. The average Bonchev–Trinajstić information content (AvgIpc) is 2.03. The van der Waals surface area contributed by atoms with E-state index >= 15 is 0 Å². The Morgan fingerprint density at radius 3 is 2.36 bits per heavy atom. The summed E-state index contributed by atoms with van der Waals surface area (Å²) in [5.74, 6) is 0. The minimum absolute atomic E-state index is 0. The maximum Gasteiger partial charge on any atom is 1.00 e. The maximum atomic E-state index is 4.99. The molecule has 2 nitrogen and oxygen atoms in total. The van der Waals surface area contributed by atoms with Gasteiger partial charge in [0.2, 0.25) is 0 Å². The van der Waals surface area contributed by atoms with E-state index in [0.717, 1.165) is 19.6 Å². The van der Waals surface area contributed by atoms with Gasteiger partial charge in [-0.15, -0.1) is 0 Å². The van der Waals surface area contributed by atoms with Gasteiger partial charge in [-0.1, -0.05) is 4.32 Å². The van der Waals surface area contributed by atoms with E-state index in [-0.39, 0.29) is 29.6 Å². The van der Waals surface area contributed by atoms with Crippen LogP contribution in [0.3, 0.4) is 0 Å². The monoisotopic (exact) mass is 240 g/mol. The first kappa shape index (κ1) is 15.1. The average molecular weight is 240 g/mol. The van der Waals surface area contributed by atoms with Crippen LogP contribution in [0.5, 0.6) is 0 Å². The Kier molecular flexibility index (Phi) is 7.11. The van der Waals surface area contributed by atoms with Crippen molar-refractivity contribution in [3.63, 3.8) is 0 Å². The molecule has 0 aromatic heterocycles. The zero-order chi connectivity index (χ0) is 10.0. The third-order valence-electron chi connectivity index (χ3n) is 2.60. The molecule has 0 N–H and O–H groups in total. The Bertz CT molecular complexity index is 199. The van der Waals surface area contributed by atoms with E-state index < -0.39 is 0 Å². The predicted octanol–water partition coefficient (Wildman–Crippen LogP) is -1.76. The van der Waals surface area contributed by atoms with Crippen molar-refractivity contribution < 1.29 is 29.6 Å². The van der Waals surface area contributed by atoms with Gasteiger partial charge in [0.25, 0.3) is 0 Å². The van der Waals surface area contributed by atoms with Crippen LogP contribution in [-0.2, 0) is 12.6 Å². The zero-order valence-corrected chi connectivity index (χ0v) is 13.1. The molecule has 1 aliphatic rings. The molecule has 14 heavy (non-hydrogen) atoms. The zero-order valence-electron chi connectivity index (χ0n) is 9.49. The molecule has 1 rings (SSSR count). The third kappa shape index (κ3) is 3.91. The summed E-state index contributed by atoms with van der Waals surface area (Å²) in [7, 11) is 0. The molecular formula is C9H17N2NaS2. The van der Waals surface area contributed by atoms with Gasteiger partial charge < -0.3 is 29.7 Å². The SMILES string of the molecule is CC(C)N1CCN(C(=S)[S-])CC1C.[Na+]. The van der Waals surface area contributed by atoms with Crippen molar-refractivity contribution in [1.29, 1.82) is 0 Å². The fraction of sp³-hybridized carbons (Fsp3) is 0.889. The van der Waals surface area contributed by atoms with Crippen LogP contribution in [0.1, 0.15) is 20.8 Å². The Morgan fingerprint density at radius 1 is 1.43 bits per heavy atom. The summed E-state index contributed by atoms with van der Waals surface area (Å²) in [6.45, 7) is 9.76. The van der Waals surface area contributed by atoms with Crippen LogP contribution in [0, 0.1) is 0 Å². The van der Waals surface area contributed by atoms with Gasteiger partial charge in [0.05, 0.1) is 0 Å². The van der Waals surface area contributed by atoms with Crippen molar-refractivity contribution in [3.05, 3.63) is 0 Å². The van der Waals surface area contributed by atoms with Crippen molar-refractivity contribution >= 4 is 29.2 Å². The molecule has 0 bridgehead atoms. The Balaban J connectivity index is 0.00000169. The molecule has 5 heteroatoms. The van der Waals surface area contributed by atoms with Gasteiger partial charge in [0.1, 0.15) is 0 Å². The first-order chi connectivity index (χ1) is 6.02. The van der Waals surface area contributed by atoms with Crippen LogP contribution in [0.15, 0.2) is 0 Å². The Hall–Kier alpha value is 1.07. The topological polar surface area (TPSA) is 6.48 Å². The van der Waals surface area contributed by atoms with E-state index in [1.807, 2.05) is 0 Å². The molecule has 1 saturated heterocycles. The standard InChI is InChI=1S/C9H18N2S2.Na/c1-7(2)11-5-4-10(9(12)13)6-8(11)3;/h7-8H,4-6H2,1-3H3,(H,12,13);/q;+1/p-1. The van der Waals surface area contributed by atoms with Crippen molar-refractivity contribution in [2.24, 2.45) is 0 Å². The summed E-state index contributed by atoms with van der Waals surface area (Å²) in [5, 5.41) is 0. The molecule has 0 aromatic carbocycles. The van der Waals surface area contributed by atoms with Crippen LogP contribution >= 0.6 is 12.2 Å². The summed E-state index contributed by atoms with van der Waals surface area (Å²) in [5.41, 5.74) is 0. The van der Waals surface area contributed by atoms with Crippen LogP contribution in [0.2, 0.25) is 0 Å². The quantitative estimate of drug-likeness (QED) is 0.304. The van der Waals surface area contributed by atoms with Gasteiger partial charge in [-0.05, 0) is 20.8 Å². The smallest absolute Gasteiger partial charge is 0.411 e. The van der Waals surface area contributed by atoms with Gasteiger partial charge in [0.15, 0.2) is 0 Å². The molecule has 0 aromatic rings. The third-order valence-corrected chi connectivity index (χ3v) is 3.12. The van der Waals surface area contributed by atoms with E-state index in [2.05, 4.69) is 30.6 Å². The molecule has 1 atom stereocenters. The number of piperazine rings is 1. The van der Waals surface area contributed by atoms with Gasteiger partial charge >= 0.3 is 29.6 Å². The fourth-order valence-electron chi connectivity index (χ4n) is 1.90. The molecule has 1 fully saturated rings. The Labute approximate surface area is 120 Å². The Morgan fingerprint density at radius 2 is 2.00 bits per heavy atom. The van der Waals surface area contributed by atoms with Crippen LogP contribution in [-0.4, -0.2) is 45.8 Å². The minimum Gasteiger partial charge on any atom is -0.411 e. The number of rotatable bonds is 1. The molecule has 0 radical (unpaired) electrons. The maximum absolute atomic E-state index is 4.99. The molecule has 0 saturated carbocycles. The van der Waals surface area contributed by atoms with Crippen LogP contribution < -0.4 is 29.6 Å². The second-order valence-electron chi connectivity index (χ2n) is 3.89. The van der Waals surface area contributed by atoms with E-state index in [1.54, 1.807) is 0 Å². The number of nitrogens with zero attached hydrogens (tertiary/aromatic N) is 2. The van der Waals surface area contributed by atoms with Gasteiger partial charge in [-0.3, -0.25) is 4.90 Å². The summed E-state index contributed by atoms with van der Waals surface area (Å²) in [6.07, 6.45) is 0. The van der Waals surface area contributed by atoms with Gasteiger partial charge in [-0.2, -0.15) is 0 Å². The fourth-order valence-corrected chi connectivity index (χ4v) is 2.24. The van der Waals surface area contributed by atoms with Crippen molar-refractivity contribution in [3.8, 4) is 0 Å². The molecule has 76 valence electrons. The molecule has 0 aliphatic carbocycles. The van der Waals surface area contributed by atoms with Crippen LogP contribution in [0.25, 0.3) is 0 Å². The van der Waals surface area contributed by atoms with E-state index in [0.29, 0.717) is 16.4 Å². The number of thiocarbonyl (C=S) groups is 1. The van der Waals surface area contributed by atoms with Crippen molar-refractivity contribution in [2.45, 2.75) is 32.9 Å². The summed E-state index contributed by atoms with van der Waals surface area (Å²) in [4.78, 5) is 4.61. The second-order valence-corrected chi connectivity index (χ2v) is 4.92.